The number of halogens is 4. The van der Waals surface area contributed by atoms with Crippen molar-refractivity contribution in [3.63, 3.8) is 0 Å². The monoisotopic (exact) mass is 367 g/mol. The zero-order valence-corrected chi connectivity index (χ0v) is 14.3. The van der Waals surface area contributed by atoms with Crippen molar-refractivity contribution >= 4 is 22.6 Å². The molecular formula is C18H17ClF3N3. The van der Waals surface area contributed by atoms with Crippen molar-refractivity contribution < 1.29 is 13.2 Å². The van der Waals surface area contributed by atoms with Crippen LogP contribution in [0.15, 0.2) is 36.4 Å². The summed E-state index contributed by atoms with van der Waals surface area (Å²) >= 11 is 5.89. The van der Waals surface area contributed by atoms with Gasteiger partial charge in [-0.1, -0.05) is 30.7 Å². The fourth-order valence-electron chi connectivity index (χ4n) is 2.87. The molecule has 0 atom stereocenters. The Morgan fingerprint density at radius 3 is 2.40 bits per heavy atom. The maximum Gasteiger partial charge on any atom is 0.417 e. The van der Waals surface area contributed by atoms with Gasteiger partial charge in [0.05, 0.1) is 21.6 Å². The topological polar surface area (TPSA) is 43.8 Å². The van der Waals surface area contributed by atoms with Crippen molar-refractivity contribution in [1.29, 1.82) is 0 Å². The maximum atomic E-state index is 13.1. The molecule has 0 spiro atoms. The number of imidazole rings is 1. The number of rotatable bonds is 4. The van der Waals surface area contributed by atoms with E-state index in [1.165, 1.54) is 6.07 Å². The van der Waals surface area contributed by atoms with Crippen LogP contribution >= 0.6 is 11.6 Å². The number of aromatic nitrogens is 2. The number of hydrogen-bond acceptors (Lipinski definition) is 2. The Kier molecular flexibility index (Phi) is 4.75. The Balaban J connectivity index is 2.18. The number of alkyl halides is 3. The van der Waals surface area contributed by atoms with Gasteiger partial charge in [-0.15, -0.1) is 0 Å². The molecule has 0 radical (unpaired) electrons. The first-order chi connectivity index (χ1) is 11.8. The van der Waals surface area contributed by atoms with Crippen molar-refractivity contribution in [2.45, 2.75) is 25.9 Å². The lowest BCUT2D eigenvalue weighted by Crippen LogP contribution is -2.06. The van der Waals surface area contributed by atoms with Gasteiger partial charge in [-0.2, -0.15) is 13.2 Å². The third kappa shape index (κ3) is 3.37. The van der Waals surface area contributed by atoms with Crippen molar-refractivity contribution in [3.8, 4) is 5.69 Å². The lowest BCUT2D eigenvalue weighted by atomic mass is 10.1. The number of benzene rings is 2. The lowest BCUT2D eigenvalue weighted by Gasteiger charge is -2.11. The van der Waals surface area contributed by atoms with Gasteiger partial charge in [-0.05, 0) is 42.8 Å². The molecular weight excluding hydrogens is 351 g/mol. The van der Waals surface area contributed by atoms with Gasteiger partial charge in [0.2, 0.25) is 0 Å². The molecule has 3 aromatic rings. The summed E-state index contributed by atoms with van der Waals surface area (Å²) in [6.07, 6.45) is -3.16. The number of nitrogens with zero attached hydrogens (tertiary/aromatic N) is 2. The summed E-state index contributed by atoms with van der Waals surface area (Å²) in [4.78, 5) is 4.37. The third-order valence-corrected chi connectivity index (χ3v) is 4.37. The second-order valence-corrected chi connectivity index (χ2v) is 6.15. The van der Waals surface area contributed by atoms with Crippen LogP contribution in [0.1, 0.15) is 23.9 Å². The van der Waals surface area contributed by atoms with E-state index < -0.39 is 11.7 Å². The van der Waals surface area contributed by atoms with Crippen molar-refractivity contribution in [1.82, 2.24) is 9.55 Å². The van der Waals surface area contributed by atoms with E-state index in [0.29, 0.717) is 24.3 Å². The Hall–Kier alpha value is -2.05. The molecule has 0 aliphatic rings. The second kappa shape index (κ2) is 6.69. The zero-order chi connectivity index (χ0) is 18.2. The highest BCUT2D eigenvalue weighted by molar-refractivity contribution is 6.32. The molecule has 0 aliphatic heterocycles. The molecule has 2 aromatic carbocycles. The van der Waals surface area contributed by atoms with Crippen LogP contribution in [-0.2, 0) is 19.0 Å². The Labute approximate surface area is 148 Å². The van der Waals surface area contributed by atoms with Crippen LogP contribution in [0.5, 0.6) is 0 Å². The Bertz CT molecular complexity index is 899. The molecule has 25 heavy (non-hydrogen) atoms. The second-order valence-electron chi connectivity index (χ2n) is 5.74. The van der Waals surface area contributed by atoms with E-state index in [-0.39, 0.29) is 10.5 Å². The van der Waals surface area contributed by atoms with E-state index in [2.05, 4.69) is 4.98 Å². The predicted octanol–water partition coefficient (Wildman–Crippen LogP) is 4.76. The normalized spacial score (nSPS) is 12.1. The van der Waals surface area contributed by atoms with Gasteiger partial charge in [0.25, 0.3) is 0 Å². The van der Waals surface area contributed by atoms with Crippen molar-refractivity contribution in [2.24, 2.45) is 5.73 Å². The molecule has 2 N–H and O–H groups in total. The summed E-state index contributed by atoms with van der Waals surface area (Å²) in [5.41, 5.74) is 7.46. The molecule has 3 rings (SSSR count). The molecule has 0 bridgehead atoms. The average molecular weight is 368 g/mol. The minimum atomic E-state index is -4.51. The quantitative estimate of drug-likeness (QED) is 0.722. The van der Waals surface area contributed by atoms with Gasteiger partial charge in [0.1, 0.15) is 5.82 Å². The van der Waals surface area contributed by atoms with Crippen molar-refractivity contribution in [3.05, 3.63) is 58.4 Å². The minimum Gasteiger partial charge on any atom is -0.330 e. The molecule has 0 fully saturated rings. The van der Waals surface area contributed by atoms with Gasteiger partial charge in [0.15, 0.2) is 0 Å². The van der Waals surface area contributed by atoms with E-state index in [9.17, 15) is 13.2 Å². The molecule has 0 saturated carbocycles. The highest BCUT2D eigenvalue weighted by atomic mass is 35.5. The summed E-state index contributed by atoms with van der Waals surface area (Å²) in [6.45, 7) is 2.47. The van der Waals surface area contributed by atoms with Gasteiger partial charge >= 0.3 is 6.18 Å². The van der Waals surface area contributed by atoms with Crippen molar-refractivity contribution in [2.75, 3.05) is 6.54 Å². The van der Waals surface area contributed by atoms with Crippen LogP contribution in [0.4, 0.5) is 13.2 Å². The van der Waals surface area contributed by atoms with Crippen LogP contribution in [0.25, 0.3) is 16.7 Å². The summed E-state index contributed by atoms with van der Waals surface area (Å²) in [7, 11) is 0. The molecule has 132 valence electrons. The molecule has 1 heterocycles. The Morgan fingerprint density at radius 2 is 1.84 bits per heavy atom. The smallest absolute Gasteiger partial charge is 0.330 e. The standard InChI is InChI=1S/C18H17ClF3N3/c1-2-17-24-15-9-13(18(20,21)22)14(19)10-16(15)25(17)12-5-3-11(4-6-12)7-8-23/h3-6,9-10H,2,7-8,23H2,1H3. The maximum absolute atomic E-state index is 13.1. The third-order valence-electron chi connectivity index (χ3n) is 4.06. The van der Waals surface area contributed by atoms with Gasteiger partial charge in [0, 0.05) is 12.1 Å². The highest BCUT2D eigenvalue weighted by Crippen LogP contribution is 2.37. The molecule has 1 aromatic heterocycles. The first-order valence-electron chi connectivity index (χ1n) is 7.92. The first kappa shape index (κ1) is 17.8. The van der Waals surface area contributed by atoms with E-state index in [0.717, 1.165) is 23.7 Å². The molecule has 0 aliphatic carbocycles. The van der Waals surface area contributed by atoms with Crippen LogP contribution < -0.4 is 5.73 Å². The number of aryl methyl sites for hydroxylation is 1. The minimum absolute atomic E-state index is 0.277. The Morgan fingerprint density at radius 1 is 1.16 bits per heavy atom. The molecule has 7 heteroatoms. The van der Waals surface area contributed by atoms with Crippen LogP contribution in [0, 0.1) is 0 Å². The molecule has 0 saturated heterocycles. The number of nitrogens with two attached hydrogens (primary N) is 1. The lowest BCUT2D eigenvalue weighted by molar-refractivity contribution is -0.137. The number of hydrogen-bond donors (Lipinski definition) is 1. The fourth-order valence-corrected chi connectivity index (χ4v) is 3.13. The first-order valence-corrected chi connectivity index (χ1v) is 8.30. The molecule has 3 nitrogen and oxygen atoms in total. The van der Waals surface area contributed by atoms with Gasteiger partial charge in [-0.25, -0.2) is 4.98 Å². The van der Waals surface area contributed by atoms with Gasteiger partial charge < -0.3 is 5.73 Å². The van der Waals surface area contributed by atoms with E-state index >= 15 is 0 Å². The summed E-state index contributed by atoms with van der Waals surface area (Å²) in [5.74, 6) is 0.678. The van der Waals surface area contributed by atoms with Gasteiger partial charge in [-0.3, -0.25) is 4.57 Å². The molecule has 0 amide bonds. The summed E-state index contributed by atoms with van der Waals surface area (Å²) in [6, 6.07) is 10.1. The van der Waals surface area contributed by atoms with E-state index in [1.807, 2.05) is 35.8 Å². The number of fused-ring (bicyclic) bond motifs is 1. The summed E-state index contributed by atoms with van der Waals surface area (Å²) < 4.78 is 41.1. The molecule has 0 unspecified atom stereocenters. The van der Waals surface area contributed by atoms with Crippen LogP contribution in [0.2, 0.25) is 5.02 Å². The average Bonchev–Trinajstić information content (AvgIpc) is 2.92. The SMILES string of the molecule is CCc1nc2cc(C(F)(F)F)c(Cl)cc2n1-c1ccc(CCN)cc1. The summed E-state index contributed by atoms with van der Waals surface area (Å²) in [5, 5.41) is -0.330. The highest BCUT2D eigenvalue weighted by Gasteiger charge is 2.34. The fraction of sp³-hybridized carbons (Fsp3) is 0.278. The van der Waals surface area contributed by atoms with Crippen LogP contribution in [-0.4, -0.2) is 16.1 Å². The predicted molar refractivity (Wildman–Crippen MR) is 93.2 cm³/mol. The van der Waals surface area contributed by atoms with Crippen LogP contribution in [0.3, 0.4) is 0 Å². The van der Waals surface area contributed by atoms with E-state index in [1.54, 1.807) is 0 Å². The van der Waals surface area contributed by atoms with E-state index in [4.69, 9.17) is 17.3 Å². The zero-order valence-electron chi connectivity index (χ0n) is 13.6. The largest absolute Gasteiger partial charge is 0.417 e.